The lowest BCUT2D eigenvalue weighted by Gasteiger charge is -2.49. The van der Waals surface area contributed by atoms with Crippen LogP contribution in [0.25, 0.3) is 0 Å². The zero-order chi connectivity index (χ0) is 42.2. The van der Waals surface area contributed by atoms with Crippen LogP contribution in [0.2, 0.25) is 0 Å². The van der Waals surface area contributed by atoms with Gasteiger partial charge in [-0.05, 0) is 36.6 Å². The van der Waals surface area contributed by atoms with Crippen LogP contribution in [0, 0.1) is 23.2 Å². The number of aromatic nitrogens is 1. The van der Waals surface area contributed by atoms with Crippen LogP contribution in [0.5, 0.6) is 0 Å². The average Bonchev–Trinajstić information content (AvgIpc) is 3.55. The van der Waals surface area contributed by atoms with Gasteiger partial charge in [-0.15, -0.1) is 0 Å². The molecule has 3 fully saturated rings. The molecular formula is C41H47NO15. The maximum absolute atomic E-state index is 14.7. The van der Waals surface area contributed by atoms with Gasteiger partial charge >= 0.3 is 35.8 Å². The molecule has 1 aromatic carbocycles. The number of nitrogens with zero attached hydrogens (tertiary/aromatic N) is 1. The Morgan fingerprint density at radius 2 is 1.35 bits per heavy atom. The Bertz CT molecular complexity index is 1930. The molecule has 0 amide bonds. The van der Waals surface area contributed by atoms with Crippen LogP contribution in [0.3, 0.4) is 0 Å². The van der Waals surface area contributed by atoms with E-state index < -0.39 is 113 Å². The van der Waals surface area contributed by atoms with Crippen molar-refractivity contribution in [3.8, 4) is 0 Å². The van der Waals surface area contributed by atoms with E-state index in [0.717, 1.165) is 27.7 Å². The Morgan fingerprint density at radius 1 is 0.772 bits per heavy atom. The molecule has 1 aliphatic carbocycles. The van der Waals surface area contributed by atoms with E-state index in [1.165, 1.54) is 57.4 Å². The average molecular weight is 794 g/mol. The molecular weight excluding hydrogens is 746 g/mol. The summed E-state index contributed by atoms with van der Waals surface area (Å²) in [5.74, 6) is -13.1. The number of ether oxygens (including phenoxy) is 7. The van der Waals surface area contributed by atoms with E-state index in [0.29, 0.717) is 0 Å². The van der Waals surface area contributed by atoms with E-state index in [1.807, 2.05) is 0 Å². The Balaban J connectivity index is 1.89. The largest absolute Gasteiger partial charge is 0.462 e. The van der Waals surface area contributed by atoms with Crippen LogP contribution >= 0.6 is 0 Å². The molecule has 16 heteroatoms. The summed E-state index contributed by atoms with van der Waals surface area (Å²) in [6, 6.07) is 10.5. The van der Waals surface area contributed by atoms with Crippen LogP contribution in [0.1, 0.15) is 82.5 Å². The molecule has 3 heterocycles. The van der Waals surface area contributed by atoms with Gasteiger partial charge in [-0.25, -0.2) is 9.59 Å². The van der Waals surface area contributed by atoms with Crippen molar-refractivity contribution in [2.45, 2.75) is 110 Å². The van der Waals surface area contributed by atoms with E-state index in [4.69, 9.17) is 33.2 Å². The standard InChI is InChI=1S/C41H47NO15/c1-20-18-40(56-26(7)46)29(31(20)51-23(4)43)32(52-24(5)44)21(2)33(53-25(6)45)34(54-37(48)27-14-11-10-12-15-27)36(55-38(49)28-16-13-17-42-19-28)39(8,9)35-30(47)22(3)41(40,50)57-35/h10-17,19-20,22,29,31-36,50H,2,18H2,1,3-9H3/t20-,22+,29+,31-,32?,33-,34?,35-,36+,40+,41-/m0/s1. The quantitative estimate of drug-likeness (QED) is 0.230. The fraction of sp³-hybridized carbons (Fsp3) is 0.512. The Morgan fingerprint density at radius 3 is 1.91 bits per heavy atom. The highest BCUT2D eigenvalue weighted by Gasteiger charge is 2.77. The van der Waals surface area contributed by atoms with Gasteiger partial charge in [0.1, 0.15) is 18.3 Å². The third-order valence-electron chi connectivity index (χ3n) is 10.9. The SMILES string of the molecule is C=C1C(OC(C)=O)[C@H]2[C@@H](OC(C)=O)[C@@H](C)C[C@]2(OC(C)=O)[C@@]2(O)O[C@@H](C(=O)[C@H]2C)C(C)(C)[C@H](OC(=O)c2cccnc2)C(OC(=O)c2ccccc2)[C@H]1OC(C)=O. The van der Waals surface area contributed by atoms with Crippen LogP contribution < -0.4 is 0 Å². The van der Waals surface area contributed by atoms with Crippen LogP contribution in [-0.2, 0) is 57.1 Å². The molecule has 3 aliphatic rings. The second-order valence-electron chi connectivity index (χ2n) is 15.3. The van der Waals surface area contributed by atoms with Crippen LogP contribution in [0.4, 0.5) is 0 Å². The predicted octanol–water partition coefficient (Wildman–Crippen LogP) is 3.47. The number of fused-ring (bicyclic) bond motifs is 4. The van der Waals surface area contributed by atoms with Crippen molar-refractivity contribution < 1.29 is 71.8 Å². The van der Waals surface area contributed by atoms with Gasteiger partial charge in [0.15, 0.2) is 29.7 Å². The molecule has 1 saturated carbocycles. The van der Waals surface area contributed by atoms with Crippen molar-refractivity contribution >= 4 is 41.6 Å². The zero-order valence-corrected chi connectivity index (χ0v) is 32.9. The lowest BCUT2D eigenvalue weighted by atomic mass is 9.68. The first-order valence-corrected chi connectivity index (χ1v) is 18.4. The molecule has 306 valence electrons. The van der Waals surface area contributed by atoms with Gasteiger partial charge in [0.05, 0.1) is 23.0 Å². The second-order valence-corrected chi connectivity index (χ2v) is 15.3. The maximum atomic E-state index is 14.7. The lowest BCUT2D eigenvalue weighted by molar-refractivity contribution is -0.333. The number of hydrogen-bond acceptors (Lipinski definition) is 16. The van der Waals surface area contributed by atoms with Crippen LogP contribution in [0.15, 0.2) is 67.0 Å². The van der Waals surface area contributed by atoms with Gasteiger partial charge in [-0.3, -0.25) is 29.0 Å². The number of esters is 6. The summed E-state index contributed by atoms with van der Waals surface area (Å²) < 4.78 is 42.5. The van der Waals surface area contributed by atoms with E-state index in [2.05, 4.69) is 11.6 Å². The molecule has 11 atom stereocenters. The summed E-state index contributed by atoms with van der Waals surface area (Å²) in [7, 11) is 0. The van der Waals surface area contributed by atoms with Crippen molar-refractivity contribution in [1.29, 1.82) is 0 Å². The molecule has 5 rings (SSSR count). The predicted molar refractivity (Wildman–Crippen MR) is 194 cm³/mol. The van der Waals surface area contributed by atoms with Crippen molar-refractivity contribution in [2.75, 3.05) is 0 Å². The Kier molecular flexibility index (Phi) is 12.1. The van der Waals surface area contributed by atoms with E-state index in [1.54, 1.807) is 25.1 Å². The molecule has 2 bridgehead atoms. The highest BCUT2D eigenvalue weighted by molar-refractivity contribution is 5.91. The number of hydrogen-bond donors (Lipinski definition) is 1. The highest BCUT2D eigenvalue weighted by atomic mass is 16.7. The van der Waals surface area contributed by atoms with Crippen molar-refractivity contribution in [2.24, 2.45) is 23.2 Å². The summed E-state index contributed by atoms with van der Waals surface area (Å²) in [4.78, 5) is 98.8. The van der Waals surface area contributed by atoms with Gasteiger partial charge in [0, 0.05) is 51.1 Å². The summed E-state index contributed by atoms with van der Waals surface area (Å²) in [5, 5.41) is 13.0. The minimum absolute atomic E-state index is 0.0234. The fourth-order valence-electron chi connectivity index (χ4n) is 8.48. The van der Waals surface area contributed by atoms with Gasteiger partial charge in [0.25, 0.3) is 0 Å². The van der Waals surface area contributed by atoms with Gasteiger partial charge in [-0.1, -0.05) is 52.5 Å². The smallest absolute Gasteiger partial charge is 0.340 e. The highest BCUT2D eigenvalue weighted by Crippen LogP contribution is 2.60. The molecule has 2 aromatic rings. The minimum Gasteiger partial charge on any atom is -0.462 e. The molecule has 1 aromatic heterocycles. The first-order valence-electron chi connectivity index (χ1n) is 18.4. The number of rotatable bonds is 8. The number of aliphatic hydroxyl groups is 1. The third-order valence-corrected chi connectivity index (χ3v) is 10.9. The molecule has 16 nitrogen and oxygen atoms in total. The van der Waals surface area contributed by atoms with E-state index in [-0.39, 0.29) is 23.1 Å². The second kappa shape index (κ2) is 16.2. The summed E-state index contributed by atoms with van der Waals surface area (Å²) in [5.41, 5.74) is -4.51. The molecule has 0 radical (unpaired) electrons. The molecule has 0 spiro atoms. The maximum Gasteiger partial charge on any atom is 0.340 e. The van der Waals surface area contributed by atoms with Gasteiger partial charge in [0.2, 0.25) is 5.79 Å². The number of benzene rings is 1. The van der Waals surface area contributed by atoms with Gasteiger partial charge in [-0.2, -0.15) is 0 Å². The number of pyridine rings is 1. The Labute approximate surface area is 329 Å². The van der Waals surface area contributed by atoms with Crippen molar-refractivity contribution in [1.82, 2.24) is 4.98 Å². The number of carbonyl (C=O) groups excluding carboxylic acids is 7. The first kappa shape index (κ1) is 42.7. The Hall–Kier alpha value is -5.48. The number of Topliss-reactive ketones (excluding diaryl/α,β-unsaturated/α-hetero) is 1. The number of ketones is 1. The molecule has 57 heavy (non-hydrogen) atoms. The zero-order valence-electron chi connectivity index (χ0n) is 32.9. The summed E-state index contributed by atoms with van der Waals surface area (Å²) in [6.07, 6.45) is -8.16. The fourth-order valence-corrected chi connectivity index (χ4v) is 8.48. The van der Waals surface area contributed by atoms with E-state index in [9.17, 15) is 38.7 Å². The minimum atomic E-state index is -2.75. The third kappa shape index (κ3) is 7.92. The molecule has 2 unspecified atom stereocenters. The molecule has 2 aliphatic heterocycles. The van der Waals surface area contributed by atoms with E-state index >= 15 is 0 Å². The van der Waals surface area contributed by atoms with Gasteiger partial charge < -0.3 is 38.3 Å². The molecule has 1 N–H and O–H groups in total. The topological polar surface area (TPSA) is 217 Å². The number of carbonyl (C=O) groups is 7. The monoisotopic (exact) mass is 793 g/mol. The van der Waals surface area contributed by atoms with Crippen molar-refractivity contribution in [3.05, 3.63) is 78.1 Å². The summed E-state index contributed by atoms with van der Waals surface area (Å²) >= 11 is 0. The lowest BCUT2D eigenvalue weighted by Crippen LogP contribution is -2.66. The molecule has 2 saturated heterocycles. The first-order chi connectivity index (χ1) is 26.7. The summed E-state index contributed by atoms with van der Waals surface area (Å²) in [6.45, 7) is 14.3. The normalized spacial score (nSPS) is 33.1. The van der Waals surface area contributed by atoms with Crippen molar-refractivity contribution in [3.63, 3.8) is 0 Å². The van der Waals surface area contributed by atoms with Crippen LogP contribution in [-0.4, -0.2) is 99.7 Å².